The minimum Gasteiger partial charge on any atom is -0.478 e. The van der Waals surface area contributed by atoms with Crippen LogP contribution in [-0.2, 0) is 0 Å². The highest BCUT2D eigenvalue weighted by molar-refractivity contribution is 6.45. The zero-order valence-corrected chi connectivity index (χ0v) is 8.94. The van der Waals surface area contributed by atoms with Crippen LogP contribution in [0.1, 0.15) is 10.4 Å². The van der Waals surface area contributed by atoms with Gasteiger partial charge in [0.2, 0.25) is 5.71 Å². The average Bonchev–Trinajstić information content (AvgIpc) is 2.28. The van der Waals surface area contributed by atoms with Gasteiger partial charge in [0, 0.05) is 0 Å². The molecule has 7 nitrogen and oxygen atoms in total. The van der Waals surface area contributed by atoms with E-state index in [0.717, 1.165) is 12.1 Å². The summed E-state index contributed by atoms with van der Waals surface area (Å²) in [4.78, 5) is 10.6. The first-order chi connectivity index (χ1) is 8.45. The van der Waals surface area contributed by atoms with E-state index >= 15 is 0 Å². The Morgan fingerprint density at radius 1 is 1.61 bits per heavy atom. The number of amidine groups is 1. The summed E-state index contributed by atoms with van der Waals surface area (Å²) in [6.07, 6.45) is 0. The zero-order valence-electron chi connectivity index (χ0n) is 8.94. The summed E-state index contributed by atoms with van der Waals surface area (Å²) in [5, 5.41) is 27.6. The van der Waals surface area contributed by atoms with Crippen LogP contribution in [0, 0.1) is 22.6 Å². The summed E-state index contributed by atoms with van der Waals surface area (Å²) in [6.45, 7) is 0. The third-order valence-corrected chi connectivity index (χ3v) is 1.86. The van der Waals surface area contributed by atoms with Gasteiger partial charge in [0.25, 0.3) is 0 Å². The van der Waals surface area contributed by atoms with Crippen molar-refractivity contribution in [3.8, 4) is 6.07 Å². The van der Waals surface area contributed by atoms with Crippen molar-refractivity contribution in [3.05, 3.63) is 29.6 Å². The van der Waals surface area contributed by atoms with E-state index in [1.165, 1.54) is 6.07 Å². The van der Waals surface area contributed by atoms with E-state index in [2.05, 4.69) is 10.5 Å². The largest absolute Gasteiger partial charge is 0.478 e. The number of aromatic carboxylic acids is 1. The number of hydrogen-bond acceptors (Lipinski definition) is 5. The number of nitriles is 1. The van der Waals surface area contributed by atoms with Crippen molar-refractivity contribution in [2.45, 2.75) is 0 Å². The van der Waals surface area contributed by atoms with Gasteiger partial charge in [-0.3, -0.25) is 10.8 Å². The van der Waals surface area contributed by atoms with Gasteiger partial charge in [0.05, 0.1) is 11.3 Å². The van der Waals surface area contributed by atoms with Gasteiger partial charge in [-0.2, -0.15) is 10.4 Å². The third kappa shape index (κ3) is 3.02. The fourth-order valence-electron chi connectivity index (χ4n) is 1.02. The summed E-state index contributed by atoms with van der Waals surface area (Å²) in [7, 11) is 0. The average molecular weight is 249 g/mol. The number of nitrogens with zero attached hydrogens (tertiary/aromatic N) is 2. The molecule has 0 heterocycles. The van der Waals surface area contributed by atoms with Gasteiger partial charge in [-0.15, -0.1) is 0 Å². The molecule has 0 spiro atoms. The van der Waals surface area contributed by atoms with Gasteiger partial charge in [0.15, 0.2) is 5.84 Å². The van der Waals surface area contributed by atoms with Crippen LogP contribution >= 0.6 is 0 Å². The Labute approximate surface area is 101 Å². The van der Waals surface area contributed by atoms with Gasteiger partial charge in [-0.25, -0.2) is 9.18 Å². The van der Waals surface area contributed by atoms with Crippen molar-refractivity contribution in [3.63, 3.8) is 0 Å². The Kier molecular flexibility index (Phi) is 3.93. The summed E-state index contributed by atoms with van der Waals surface area (Å²) in [6, 6.07) is 4.79. The quantitative estimate of drug-likeness (QED) is 0.354. The highest BCUT2D eigenvalue weighted by atomic mass is 19.1. The van der Waals surface area contributed by atoms with E-state index in [1.807, 2.05) is 0 Å². The second kappa shape index (κ2) is 5.40. The first-order valence-electron chi connectivity index (χ1n) is 4.56. The van der Waals surface area contributed by atoms with Crippen LogP contribution in [0.25, 0.3) is 0 Å². The number of carboxylic acid groups (broad SMARTS) is 1. The lowest BCUT2D eigenvalue weighted by Gasteiger charge is -2.03. The number of rotatable bonds is 4. The van der Waals surface area contributed by atoms with Gasteiger partial charge in [-0.1, -0.05) is 0 Å². The molecule has 1 aromatic carbocycles. The second-order valence-electron chi connectivity index (χ2n) is 3.10. The molecule has 0 saturated carbocycles. The second-order valence-corrected chi connectivity index (χ2v) is 3.10. The number of halogens is 1. The lowest BCUT2D eigenvalue weighted by atomic mass is 10.2. The third-order valence-electron chi connectivity index (χ3n) is 1.86. The molecule has 1 rings (SSSR count). The van der Waals surface area contributed by atoms with Crippen molar-refractivity contribution in [2.24, 2.45) is 10.8 Å². The normalized spacial score (nSPS) is 10.6. The van der Waals surface area contributed by atoms with Gasteiger partial charge < -0.3 is 10.8 Å². The van der Waals surface area contributed by atoms with Crippen molar-refractivity contribution >= 4 is 23.2 Å². The van der Waals surface area contributed by atoms with Gasteiger partial charge in [-0.05, 0) is 18.2 Å². The number of hydrazone groups is 1. The molecule has 0 aromatic heterocycles. The number of anilines is 1. The smallest absolute Gasteiger partial charge is 0.338 e. The van der Waals surface area contributed by atoms with Crippen molar-refractivity contribution in [2.75, 3.05) is 5.43 Å². The molecule has 1 aromatic rings. The number of hydrogen-bond donors (Lipinski definition) is 4. The monoisotopic (exact) mass is 249 g/mol. The molecule has 0 radical (unpaired) electrons. The van der Waals surface area contributed by atoms with E-state index in [1.54, 1.807) is 6.07 Å². The predicted molar refractivity (Wildman–Crippen MR) is 61.9 cm³/mol. The van der Waals surface area contributed by atoms with Crippen LogP contribution in [0.4, 0.5) is 10.1 Å². The topological polar surface area (TPSA) is 135 Å². The van der Waals surface area contributed by atoms with Crippen molar-refractivity contribution in [1.82, 2.24) is 0 Å². The Hall–Kier alpha value is -2.95. The highest BCUT2D eigenvalue weighted by Crippen LogP contribution is 2.14. The number of nitrogens with two attached hydrogens (primary N) is 1. The fourth-order valence-corrected chi connectivity index (χ4v) is 1.02. The molecule has 0 aliphatic rings. The standard InChI is InChI=1S/C10H8FN5O2/c11-7-3-5(1-2-6(7)10(17)18)15-16-8(4-12)9(13)14/h1-3,15H,(H3,13,14)(H,17,18)/b16-8+. The Bertz CT molecular complexity index is 576. The molecule has 8 heteroatoms. The molecule has 18 heavy (non-hydrogen) atoms. The summed E-state index contributed by atoms with van der Waals surface area (Å²) >= 11 is 0. The van der Waals surface area contributed by atoms with Crippen LogP contribution in [0.15, 0.2) is 23.3 Å². The SMILES string of the molecule is N#C/C(=N\Nc1ccc(C(=O)O)c(F)c1)C(=N)N. The lowest BCUT2D eigenvalue weighted by Crippen LogP contribution is -2.21. The Morgan fingerprint density at radius 3 is 2.72 bits per heavy atom. The van der Waals surface area contributed by atoms with Crippen LogP contribution in [0.3, 0.4) is 0 Å². The molecule has 0 unspecified atom stereocenters. The number of benzene rings is 1. The minimum atomic E-state index is -1.39. The number of carboxylic acids is 1. The molecule has 0 aliphatic carbocycles. The maximum atomic E-state index is 13.3. The van der Waals surface area contributed by atoms with E-state index in [9.17, 15) is 9.18 Å². The van der Waals surface area contributed by atoms with E-state index < -0.39 is 23.2 Å². The van der Waals surface area contributed by atoms with E-state index in [4.69, 9.17) is 21.5 Å². The van der Waals surface area contributed by atoms with Crippen LogP contribution in [0.2, 0.25) is 0 Å². The summed E-state index contributed by atoms with van der Waals surface area (Å²) in [5.74, 6) is -2.86. The lowest BCUT2D eigenvalue weighted by molar-refractivity contribution is 0.0692. The van der Waals surface area contributed by atoms with Crippen LogP contribution in [0.5, 0.6) is 0 Å². The van der Waals surface area contributed by atoms with E-state index in [0.29, 0.717) is 0 Å². The maximum Gasteiger partial charge on any atom is 0.338 e. The van der Waals surface area contributed by atoms with Crippen molar-refractivity contribution < 1.29 is 14.3 Å². The van der Waals surface area contributed by atoms with E-state index in [-0.39, 0.29) is 11.4 Å². The number of nitrogens with one attached hydrogen (secondary N) is 2. The molecule has 0 atom stereocenters. The first-order valence-corrected chi connectivity index (χ1v) is 4.56. The van der Waals surface area contributed by atoms with Gasteiger partial charge in [0.1, 0.15) is 11.9 Å². The molecule has 0 aliphatic heterocycles. The molecule has 92 valence electrons. The summed E-state index contributed by atoms with van der Waals surface area (Å²) in [5.41, 5.74) is 6.63. The Balaban J connectivity index is 2.95. The van der Waals surface area contributed by atoms with Crippen LogP contribution < -0.4 is 11.2 Å². The molecule has 0 fully saturated rings. The molecule has 0 bridgehead atoms. The molecule has 0 saturated heterocycles. The van der Waals surface area contributed by atoms with Crippen LogP contribution in [-0.4, -0.2) is 22.6 Å². The van der Waals surface area contributed by atoms with Crippen molar-refractivity contribution in [1.29, 1.82) is 10.7 Å². The minimum absolute atomic E-state index is 0.131. The molecular weight excluding hydrogens is 241 g/mol. The molecule has 0 amide bonds. The highest BCUT2D eigenvalue weighted by Gasteiger charge is 2.10. The van der Waals surface area contributed by atoms with Gasteiger partial charge >= 0.3 is 5.97 Å². The molecule has 5 N–H and O–H groups in total. The Morgan fingerprint density at radius 2 is 2.28 bits per heavy atom. The first kappa shape index (κ1) is 13.1. The fraction of sp³-hybridized carbons (Fsp3) is 0. The zero-order chi connectivity index (χ0) is 13.7. The maximum absolute atomic E-state index is 13.3. The summed E-state index contributed by atoms with van der Waals surface area (Å²) < 4.78 is 13.3. The number of carbonyl (C=O) groups is 1. The predicted octanol–water partition coefficient (Wildman–Crippen LogP) is 0.751. The molecular formula is C10H8FN5O2.